The maximum atomic E-state index is 11.5. The van der Waals surface area contributed by atoms with Crippen LogP contribution < -0.4 is 4.90 Å². The van der Waals surface area contributed by atoms with Crippen LogP contribution in [0, 0.1) is 0 Å². The first-order valence-electron chi connectivity index (χ1n) is 7.17. The van der Waals surface area contributed by atoms with Gasteiger partial charge in [-0.05, 0) is 5.56 Å². The number of carbonyl (C=O) groups excluding carboxylic acids is 1. The summed E-state index contributed by atoms with van der Waals surface area (Å²) >= 11 is 0. The fraction of sp³-hybridized carbons (Fsp3) is 0.312. The number of anilines is 1. The monoisotopic (exact) mass is 297 g/mol. The highest BCUT2D eigenvalue weighted by Gasteiger charge is 2.28. The largest absolute Gasteiger partial charge is 0.340 e. The van der Waals surface area contributed by atoms with E-state index >= 15 is 0 Å². The number of aliphatic imine (C=N–C) groups is 1. The van der Waals surface area contributed by atoms with Crippen molar-refractivity contribution < 1.29 is 4.79 Å². The summed E-state index contributed by atoms with van der Waals surface area (Å²) in [6.07, 6.45) is 1.81. The van der Waals surface area contributed by atoms with Gasteiger partial charge in [-0.2, -0.15) is 4.99 Å². The second kappa shape index (κ2) is 5.63. The van der Waals surface area contributed by atoms with Crippen LogP contribution in [-0.4, -0.2) is 47.0 Å². The molecule has 1 aromatic heterocycles. The molecule has 6 nitrogen and oxygen atoms in total. The Morgan fingerprint density at radius 2 is 1.95 bits per heavy atom. The van der Waals surface area contributed by atoms with E-state index in [-0.39, 0.29) is 5.91 Å². The van der Waals surface area contributed by atoms with Gasteiger partial charge in [-0.3, -0.25) is 4.79 Å². The maximum absolute atomic E-state index is 11.5. The van der Waals surface area contributed by atoms with Crippen molar-refractivity contribution in [1.82, 2.24) is 14.5 Å². The molecule has 2 heterocycles. The number of amidine groups is 1. The highest BCUT2D eigenvalue weighted by molar-refractivity contribution is 6.07. The Balaban J connectivity index is 2.06. The molecule has 0 aliphatic carbocycles. The van der Waals surface area contributed by atoms with Crippen molar-refractivity contribution in [3.8, 4) is 0 Å². The van der Waals surface area contributed by atoms with Crippen molar-refractivity contribution in [2.24, 2.45) is 4.99 Å². The number of aromatic nitrogens is 2. The normalized spacial score (nSPS) is 16.0. The minimum absolute atomic E-state index is 0.204. The predicted molar refractivity (Wildman–Crippen MR) is 86.0 cm³/mol. The number of fused-ring (bicyclic) bond motifs is 1. The summed E-state index contributed by atoms with van der Waals surface area (Å²) in [5.41, 5.74) is 2.07. The molecule has 0 radical (unpaired) electrons. The molecule has 1 aliphatic rings. The van der Waals surface area contributed by atoms with Crippen LogP contribution in [0.5, 0.6) is 0 Å². The van der Waals surface area contributed by atoms with Crippen molar-refractivity contribution in [1.29, 1.82) is 0 Å². The fourth-order valence-corrected chi connectivity index (χ4v) is 2.70. The van der Waals surface area contributed by atoms with Crippen LogP contribution in [0.15, 0.2) is 41.7 Å². The van der Waals surface area contributed by atoms with Gasteiger partial charge in [0.15, 0.2) is 11.7 Å². The molecule has 0 saturated heterocycles. The number of benzene rings is 1. The molecule has 0 N–H and O–H groups in total. The maximum Gasteiger partial charge on any atom is 0.244 e. The number of amides is 1. The summed E-state index contributed by atoms with van der Waals surface area (Å²) < 4.78 is 2.04. The third kappa shape index (κ3) is 2.59. The minimum Gasteiger partial charge on any atom is -0.340 e. The fourth-order valence-electron chi connectivity index (χ4n) is 2.70. The van der Waals surface area contributed by atoms with Gasteiger partial charge in [0.25, 0.3) is 0 Å². The molecule has 3 rings (SSSR count). The lowest BCUT2D eigenvalue weighted by Gasteiger charge is -2.33. The molecule has 1 amide bonds. The highest BCUT2D eigenvalue weighted by atomic mass is 16.1. The summed E-state index contributed by atoms with van der Waals surface area (Å²) in [5, 5.41) is 0. The topological polar surface area (TPSA) is 53.7 Å². The first-order chi connectivity index (χ1) is 10.6. The van der Waals surface area contributed by atoms with E-state index in [2.05, 4.69) is 27.0 Å². The second-order valence-corrected chi connectivity index (χ2v) is 5.52. The number of nitrogens with zero attached hydrogens (tertiary/aromatic N) is 5. The average molecular weight is 297 g/mol. The SMILES string of the molecule is CC(=O)N=C1c2c(ncn2Cc2ccccc2)N(C)CN1C. The lowest BCUT2D eigenvalue weighted by Crippen LogP contribution is -2.44. The molecular weight excluding hydrogens is 278 g/mol. The van der Waals surface area contributed by atoms with Gasteiger partial charge in [0.2, 0.25) is 5.91 Å². The van der Waals surface area contributed by atoms with Crippen molar-refractivity contribution in [3.05, 3.63) is 47.9 Å². The van der Waals surface area contributed by atoms with Gasteiger partial charge in [-0.25, -0.2) is 4.98 Å². The van der Waals surface area contributed by atoms with Crippen LogP contribution in [0.2, 0.25) is 0 Å². The number of rotatable bonds is 2. The van der Waals surface area contributed by atoms with Gasteiger partial charge in [0, 0.05) is 27.6 Å². The zero-order valence-electron chi connectivity index (χ0n) is 13.0. The van der Waals surface area contributed by atoms with Crippen LogP contribution in [0.1, 0.15) is 18.2 Å². The van der Waals surface area contributed by atoms with Gasteiger partial charge in [0.1, 0.15) is 5.69 Å². The summed E-state index contributed by atoms with van der Waals surface area (Å²) in [5.74, 6) is 1.33. The summed E-state index contributed by atoms with van der Waals surface area (Å²) in [6, 6.07) is 10.2. The molecular formula is C16H19N5O. The molecule has 0 spiro atoms. The first kappa shape index (κ1) is 14.3. The highest BCUT2D eigenvalue weighted by Crippen LogP contribution is 2.25. The van der Waals surface area contributed by atoms with Gasteiger partial charge in [-0.1, -0.05) is 30.3 Å². The van der Waals surface area contributed by atoms with Gasteiger partial charge in [0.05, 0.1) is 13.0 Å². The van der Waals surface area contributed by atoms with E-state index in [9.17, 15) is 4.79 Å². The minimum atomic E-state index is -0.204. The molecule has 6 heteroatoms. The zero-order chi connectivity index (χ0) is 15.7. The predicted octanol–water partition coefficient (Wildman–Crippen LogP) is 1.56. The van der Waals surface area contributed by atoms with Gasteiger partial charge in [-0.15, -0.1) is 0 Å². The molecule has 1 aliphatic heterocycles. The van der Waals surface area contributed by atoms with Crippen LogP contribution in [0.4, 0.5) is 5.82 Å². The Kier molecular flexibility index (Phi) is 3.66. The molecule has 0 bridgehead atoms. The molecule has 114 valence electrons. The van der Waals surface area contributed by atoms with Gasteiger partial charge < -0.3 is 14.4 Å². The number of hydrogen-bond acceptors (Lipinski definition) is 3. The Morgan fingerprint density at radius 3 is 2.64 bits per heavy atom. The lowest BCUT2D eigenvalue weighted by molar-refractivity contribution is -0.115. The Morgan fingerprint density at radius 1 is 1.23 bits per heavy atom. The van der Waals surface area contributed by atoms with E-state index in [4.69, 9.17) is 0 Å². The van der Waals surface area contributed by atoms with Crippen LogP contribution in [0.25, 0.3) is 0 Å². The molecule has 0 fully saturated rings. The summed E-state index contributed by atoms with van der Waals surface area (Å²) in [6.45, 7) is 2.82. The quantitative estimate of drug-likeness (QED) is 0.844. The van der Waals surface area contributed by atoms with E-state index in [0.29, 0.717) is 19.0 Å². The molecule has 2 aromatic rings. The lowest BCUT2D eigenvalue weighted by atomic mass is 10.2. The van der Waals surface area contributed by atoms with Crippen LogP contribution in [0.3, 0.4) is 0 Å². The average Bonchev–Trinajstić information content (AvgIpc) is 2.88. The summed E-state index contributed by atoms with van der Waals surface area (Å²) in [7, 11) is 3.92. The summed E-state index contributed by atoms with van der Waals surface area (Å²) in [4.78, 5) is 24.2. The van der Waals surface area contributed by atoms with Crippen molar-refractivity contribution in [3.63, 3.8) is 0 Å². The number of hydrogen-bond donors (Lipinski definition) is 0. The van der Waals surface area contributed by atoms with Crippen LogP contribution >= 0.6 is 0 Å². The van der Waals surface area contributed by atoms with E-state index in [1.54, 1.807) is 0 Å². The van der Waals surface area contributed by atoms with Crippen molar-refractivity contribution >= 4 is 17.6 Å². The zero-order valence-corrected chi connectivity index (χ0v) is 13.0. The Hall–Kier alpha value is -2.63. The van der Waals surface area contributed by atoms with Crippen LogP contribution in [-0.2, 0) is 11.3 Å². The molecule has 1 aromatic carbocycles. The van der Waals surface area contributed by atoms with E-state index in [1.165, 1.54) is 12.5 Å². The van der Waals surface area contributed by atoms with E-state index in [1.807, 2.05) is 48.1 Å². The van der Waals surface area contributed by atoms with E-state index in [0.717, 1.165) is 11.5 Å². The first-order valence-corrected chi connectivity index (χ1v) is 7.17. The molecule has 0 saturated carbocycles. The molecule has 0 unspecified atom stereocenters. The van der Waals surface area contributed by atoms with Crippen molar-refractivity contribution in [2.75, 3.05) is 25.7 Å². The van der Waals surface area contributed by atoms with E-state index < -0.39 is 0 Å². The third-order valence-electron chi connectivity index (χ3n) is 3.64. The third-order valence-corrected chi connectivity index (χ3v) is 3.64. The van der Waals surface area contributed by atoms with Gasteiger partial charge >= 0.3 is 0 Å². The smallest absolute Gasteiger partial charge is 0.244 e. The Labute approximate surface area is 129 Å². The second-order valence-electron chi connectivity index (χ2n) is 5.52. The molecule has 0 atom stereocenters. The standard InChI is InChI=1S/C16H19N5O/c1-12(22)18-16-14-15(19(2)11-20(16)3)17-10-21(14)9-13-7-5-4-6-8-13/h4-8,10H,9,11H2,1-3H3. The van der Waals surface area contributed by atoms with Crippen molar-refractivity contribution in [2.45, 2.75) is 13.5 Å². The molecule has 22 heavy (non-hydrogen) atoms. The number of carbonyl (C=O) groups is 1. The number of imidazole rings is 1. The Bertz CT molecular complexity index is 719.